The van der Waals surface area contributed by atoms with E-state index in [-0.39, 0.29) is 11.9 Å². The van der Waals surface area contributed by atoms with E-state index >= 15 is 0 Å². The van der Waals surface area contributed by atoms with Crippen molar-refractivity contribution < 1.29 is 9.42 Å². The number of hydrogen-bond donors (Lipinski definition) is 2. The van der Waals surface area contributed by atoms with Gasteiger partial charge in [-0.15, -0.1) is 0 Å². The van der Waals surface area contributed by atoms with Crippen LogP contribution in [0.3, 0.4) is 0 Å². The van der Waals surface area contributed by atoms with Crippen molar-refractivity contribution in [2.75, 3.05) is 6.54 Å². The molecule has 0 bridgehead atoms. The number of hydrogen-bond acceptors (Lipinski definition) is 5. The number of rotatable bonds is 7. The van der Waals surface area contributed by atoms with Gasteiger partial charge in [0.25, 0.3) is 5.91 Å². The molecule has 6 heteroatoms. The van der Waals surface area contributed by atoms with Crippen molar-refractivity contribution in [2.45, 2.75) is 39.8 Å². The van der Waals surface area contributed by atoms with Crippen molar-refractivity contribution >= 4 is 5.91 Å². The third-order valence-electron chi connectivity index (χ3n) is 3.43. The van der Waals surface area contributed by atoms with E-state index in [1.165, 1.54) is 0 Å². The Kier molecular flexibility index (Phi) is 5.66. The third kappa shape index (κ3) is 4.14. The van der Waals surface area contributed by atoms with E-state index in [1.807, 2.05) is 45.0 Å². The van der Waals surface area contributed by atoms with Gasteiger partial charge in [0, 0.05) is 18.7 Å². The number of nitrogens with one attached hydrogen (secondary N) is 2. The van der Waals surface area contributed by atoms with Crippen molar-refractivity contribution in [3.63, 3.8) is 0 Å². The number of carbonyl (C=O) groups is 1. The van der Waals surface area contributed by atoms with Gasteiger partial charge in [-0.3, -0.25) is 4.79 Å². The normalized spacial score (nSPS) is 12.1. The zero-order valence-corrected chi connectivity index (χ0v) is 13.2. The highest BCUT2D eigenvalue weighted by Gasteiger charge is 2.13. The van der Waals surface area contributed by atoms with E-state index in [9.17, 15) is 4.79 Å². The van der Waals surface area contributed by atoms with Gasteiger partial charge in [-0.2, -0.15) is 0 Å². The molecule has 0 radical (unpaired) electrons. The van der Waals surface area contributed by atoms with Crippen molar-refractivity contribution in [3.8, 4) is 0 Å². The molecule has 0 aliphatic heterocycles. The zero-order valence-electron chi connectivity index (χ0n) is 13.2. The predicted octanol–water partition coefficient (Wildman–Crippen LogP) is 2.37. The molecule has 2 N–H and O–H groups in total. The molecule has 1 aromatic carbocycles. The number of benzene rings is 1. The standard InChI is InChI=1S/C16H22N4O2/c1-4-8-17-16(21)14-7-5-6-13(9-14)10-18-11(2)15-12(3)19-22-20-15/h5-7,9,11,18H,4,8,10H2,1-3H3,(H,17,21). The first-order chi connectivity index (χ1) is 10.6. The highest BCUT2D eigenvalue weighted by atomic mass is 16.6. The topological polar surface area (TPSA) is 80.0 Å². The molecule has 1 heterocycles. The largest absolute Gasteiger partial charge is 0.352 e. The summed E-state index contributed by atoms with van der Waals surface area (Å²) in [5.74, 6) is -0.0340. The lowest BCUT2D eigenvalue weighted by Crippen LogP contribution is -2.24. The Morgan fingerprint density at radius 1 is 1.36 bits per heavy atom. The van der Waals surface area contributed by atoms with E-state index in [2.05, 4.69) is 20.9 Å². The molecular formula is C16H22N4O2. The summed E-state index contributed by atoms with van der Waals surface area (Å²) in [6.45, 7) is 7.23. The molecule has 1 atom stereocenters. The molecule has 0 aliphatic carbocycles. The van der Waals surface area contributed by atoms with Gasteiger partial charge in [-0.25, -0.2) is 4.63 Å². The minimum atomic E-state index is -0.0340. The molecule has 6 nitrogen and oxygen atoms in total. The van der Waals surface area contributed by atoms with Crippen LogP contribution in [0.15, 0.2) is 28.9 Å². The van der Waals surface area contributed by atoms with Crippen LogP contribution in [0.25, 0.3) is 0 Å². The number of carbonyl (C=O) groups excluding carboxylic acids is 1. The second-order valence-corrected chi connectivity index (χ2v) is 5.29. The molecule has 1 unspecified atom stereocenters. The highest BCUT2D eigenvalue weighted by molar-refractivity contribution is 5.94. The summed E-state index contributed by atoms with van der Waals surface area (Å²) in [6.07, 6.45) is 0.926. The molecule has 1 amide bonds. The Bertz CT molecular complexity index is 624. The van der Waals surface area contributed by atoms with Crippen LogP contribution in [0.2, 0.25) is 0 Å². The number of nitrogens with zero attached hydrogens (tertiary/aromatic N) is 2. The van der Waals surface area contributed by atoms with Crippen LogP contribution in [0.1, 0.15) is 53.6 Å². The third-order valence-corrected chi connectivity index (χ3v) is 3.43. The Balaban J connectivity index is 1.96. The van der Waals surface area contributed by atoms with Crippen molar-refractivity contribution in [1.82, 2.24) is 20.9 Å². The van der Waals surface area contributed by atoms with Crippen LogP contribution in [0.5, 0.6) is 0 Å². The van der Waals surface area contributed by atoms with Gasteiger partial charge in [0.1, 0.15) is 11.4 Å². The second kappa shape index (κ2) is 7.70. The van der Waals surface area contributed by atoms with Crippen LogP contribution < -0.4 is 10.6 Å². The monoisotopic (exact) mass is 302 g/mol. The van der Waals surface area contributed by atoms with E-state index in [4.69, 9.17) is 4.63 Å². The lowest BCUT2D eigenvalue weighted by molar-refractivity contribution is 0.0953. The van der Waals surface area contributed by atoms with Crippen LogP contribution in [-0.2, 0) is 6.54 Å². The summed E-state index contributed by atoms with van der Waals surface area (Å²) in [5, 5.41) is 13.9. The molecular weight excluding hydrogens is 280 g/mol. The van der Waals surface area contributed by atoms with Gasteiger partial charge in [0.2, 0.25) is 0 Å². The summed E-state index contributed by atoms with van der Waals surface area (Å²) in [4.78, 5) is 12.0. The number of amides is 1. The molecule has 0 saturated heterocycles. The second-order valence-electron chi connectivity index (χ2n) is 5.29. The lowest BCUT2D eigenvalue weighted by atomic mass is 10.1. The highest BCUT2D eigenvalue weighted by Crippen LogP contribution is 2.14. The first-order valence-electron chi connectivity index (χ1n) is 7.51. The minimum Gasteiger partial charge on any atom is -0.352 e. The smallest absolute Gasteiger partial charge is 0.251 e. The molecule has 22 heavy (non-hydrogen) atoms. The first kappa shape index (κ1) is 16.2. The predicted molar refractivity (Wildman–Crippen MR) is 83.4 cm³/mol. The van der Waals surface area contributed by atoms with Gasteiger partial charge in [0.05, 0.1) is 6.04 Å². The Morgan fingerprint density at radius 3 is 2.86 bits per heavy atom. The Hall–Kier alpha value is -2.21. The van der Waals surface area contributed by atoms with E-state index in [1.54, 1.807) is 0 Å². The fraction of sp³-hybridized carbons (Fsp3) is 0.438. The molecule has 2 rings (SSSR count). The summed E-state index contributed by atoms with van der Waals surface area (Å²) in [7, 11) is 0. The molecule has 0 fully saturated rings. The summed E-state index contributed by atoms with van der Waals surface area (Å²) in [6, 6.07) is 7.64. The number of aryl methyl sites for hydroxylation is 1. The average Bonchev–Trinajstić information content (AvgIpc) is 2.96. The maximum absolute atomic E-state index is 12.0. The first-order valence-corrected chi connectivity index (χ1v) is 7.51. The van der Waals surface area contributed by atoms with Crippen LogP contribution in [-0.4, -0.2) is 22.8 Å². The molecule has 2 aromatic rings. The summed E-state index contributed by atoms with van der Waals surface area (Å²) in [5.41, 5.74) is 3.31. The Labute approximate surface area is 130 Å². The van der Waals surface area contributed by atoms with Crippen molar-refractivity contribution in [3.05, 3.63) is 46.8 Å². The molecule has 118 valence electrons. The van der Waals surface area contributed by atoms with Crippen molar-refractivity contribution in [2.24, 2.45) is 0 Å². The molecule has 0 spiro atoms. The quantitative estimate of drug-likeness (QED) is 0.820. The van der Waals surface area contributed by atoms with Gasteiger partial charge >= 0.3 is 0 Å². The zero-order chi connectivity index (χ0) is 15.9. The van der Waals surface area contributed by atoms with Crippen LogP contribution in [0, 0.1) is 6.92 Å². The Morgan fingerprint density at radius 2 is 2.18 bits per heavy atom. The van der Waals surface area contributed by atoms with Crippen LogP contribution in [0.4, 0.5) is 0 Å². The molecule has 0 saturated carbocycles. The van der Waals surface area contributed by atoms with E-state index in [0.29, 0.717) is 18.7 Å². The van der Waals surface area contributed by atoms with Crippen molar-refractivity contribution in [1.29, 1.82) is 0 Å². The lowest BCUT2D eigenvalue weighted by Gasteiger charge is -2.12. The van der Waals surface area contributed by atoms with E-state index < -0.39 is 0 Å². The maximum Gasteiger partial charge on any atom is 0.251 e. The fourth-order valence-electron chi connectivity index (χ4n) is 2.16. The number of aromatic nitrogens is 2. The van der Waals surface area contributed by atoms with Gasteiger partial charge < -0.3 is 10.6 Å². The molecule has 0 aliphatic rings. The molecule has 1 aromatic heterocycles. The van der Waals surface area contributed by atoms with Crippen LogP contribution >= 0.6 is 0 Å². The minimum absolute atomic E-state index is 0.0313. The van der Waals surface area contributed by atoms with Gasteiger partial charge in [0.15, 0.2) is 0 Å². The SMILES string of the molecule is CCCNC(=O)c1cccc(CNC(C)c2nonc2C)c1. The summed E-state index contributed by atoms with van der Waals surface area (Å²) < 4.78 is 4.71. The van der Waals surface area contributed by atoms with Gasteiger partial charge in [-0.05, 0) is 38.0 Å². The summed E-state index contributed by atoms with van der Waals surface area (Å²) >= 11 is 0. The average molecular weight is 302 g/mol. The fourth-order valence-corrected chi connectivity index (χ4v) is 2.16. The maximum atomic E-state index is 12.0. The van der Waals surface area contributed by atoms with E-state index in [0.717, 1.165) is 23.4 Å². The van der Waals surface area contributed by atoms with Gasteiger partial charge in [-0.1, -0.05) is 29.4 Å².